The Kier molecular flexibility index (Phi) is 8.26. The number of carbonyl (C=O) groups excluding carboxylic acids is 2. The summed E-state index contributed by atoms with van der Waals surface area (Å²) < 4.78 is 5.33. The zero-order valence-corrected chi connectivity index (χ0v) is 19.1. The fraction of sp³-hybridized carbons (Fsp3) is 0.333. The number of methoxy groups -OCH3 is 1. The van der Waals surface area contributed by atoms with E-state index in [4.69, 9.17) is 4.74 Å². The summed E-state index contributed by atoms with van der Waals surface area (Å²) >= 11 is 0. The van der Waals surface area contributed by atoms with Crippen molar-refractivity contribution in [1.29, 1.82) is 0 Å². The second-order valence-corrected chi connectivity index (χ2v) is 7.83. The maximum atomic E-state index is 13.4. The molecule has 0 aromatic heterocycles. The number of fused-ring (bicyclic) bond motifs is 1. The summed E-state index contributed by atoms with van der Waals surface area (Å²) in [7, 11) is 1.62. The van der Waals surface area contributed by atoms with Crippen LogP contribution in [-0.4, -0.2) is 36.4 Å². The molecular weight excluding hydrogens is 400 g/mol. The molecular formula is C27H32N2O3. The van der Waals surface area contributed by atoms with Gasteiger partial charge in [-0.25, -0.2) is 0 Å². The van der Waals surface area contributed by atoms with Crippen molar-refractivity contribution in [3.8, 4) is 5.75 Å². The Labute approximate surface area is 190 Å². The highest BCUT2D eigenvalue weighted by Crippen LogP contribution is 2.22. The van der Waals surface area contributed by atoms with E-state index >= 15 is 0 Å². The number of carbonyl (C=O) groups is 2. The molecule has 0 aliphatic rings. The molecule has 0 aliphatic carbocycles. The summed E-state index contributed by atoms with van der Waals surface area (Å²) in [6.07, 6.45) is 1.52. The van der Waals surface area contributed by atoms with Gasteiger partial charge in [0, 0.05) is 19.5 Å². The summed E-state index contributed by atoms with van der Waals surface area (Å²) in [5, 5.41) is 5.21. The van der Waals surface area contributed by atoms with E-state index in [0.29, 0.717) is 32.4 Å². The van der Waals surface area contributed by atoms with Crippen molar-refractivity contribution in [2.24, 2.45) is 0 Å². The van der Waals surface area contributed by atoms with Gasteiger partial charge in [-0.2, -0.15) is 0 Å². The van der Waals surface area contributed by atoms with E-state index in [0.717, 1.165) is 22.3 Å². The number of amides is 2. The Balaban J connectivity index is 1.83. The highest BCUT2D eigenvalue weighted by atomic mass is 16.5. The van der Waals surface area contributed by atoms with Gasteiger partial charge in [0.15, 0.2) is 0 Å². The Bertz CT molecular complexity index is 1060. The van der Waals surface area contributed by atoms with E-state index in [1.165, 1.54) is 5.39 Å². The van der Waals surface area contributed by atoms with Crippen LogP contribution in [0.25, 0.3) is 10.8 Å². The van der Waals surface area contributed by atoms with Crippen LogP contribution >= 0.6 is 0 Å². The number of benzene rings is 3. The third-order valence-corrected chi connectivity index (χ3v) is 5.71. The maximum Gasteiger partial charge on any atom is 0.242 e. The smallest absolute Gasteiger partial charge is 0.242 e. The predicted molar refractivity (Wildman–Crippen MR) is 129 cm³/mol. The first-order chi connectivity index (χ1) is 15.6. The summed E-state index contributed by atoms with van der Waals surface area (Å²) in [6, 6.07) is 21.5. The molecule has 3 aromatic rings. The highest BCUT2D eigenvalue weighted by molar-refractivity contribution is 5.89. The molecule has 0 saturated heterocycles. The SMILES string of the molecule is CCNC(=O)[C@H](CC)N(Cc1cccc(OC)c1)C(=O)CCc1cccc2ccccc12. The molecule has 0 aliphatic heterocycles. The molecule has 3 rings (SSSR count). The van der Waals surface area contributed by atoms with E-state index in [9.17, 15) is 9.59 Å². The molecule has 0 radical (unpaired) electrons. The van der Waals surface area contributed by atoms with Gasteiger partial charge in [-0.05, 0) is 53.8 Å². The van der Waals surface area contributed by atoms with Crippen LogP contribution in [0.1, 0.15) is 37.8 Å². The van der Waals surface area contributed by atoms with Crippen molar-refractivity contribution in [2.75, 3.05) is 13.7 Å². The number of likely N-dealkylation sites (N-methyl/N-ethyl adjacent to an activating group) is 1. The van der Waals surface area contributed by atoms with Crippen LogP contribution in [0.3, 0.4) is 0 Å². The quantitative estimate of drug-likeness (QED) is 0.504. The Hall–Kier alpha value is -3.34. The summed E-state index contributed by atoms with van der Waals surface area (Å²) in [6.45, 7) is 4.73. The lowest BCUT2D eigenvalue weighted by Crippen LogP contribution is -2.49. The molecule has 32 heavy (non-hydrogen) atoms. The number of nitrogens with zero attached hydrogens (tertiary/aromatic N) is 1. The number of ether oxygens (including phenoxy) is 1. The van der Waals surface area contributed by atoms with Gasteiger partial charge in [0.05, 0.1) is 7.11 Å². The third kappa shape index (κ3) is 5.67. The van der Waals surface area contributed by atoms with E-state index in [1.807, 2.05) is 56.3 Å². The molecule has 5 heteroatoms. The molecule has 0 bridgehead atoms. The van der Waals surface area contributed by atoms with Gasteiger partial charge in [0.25, 0.3) is 0 Å². The molecule has 0 saturated carbocycles. The minimum Gasteiger partial charge on any atom is -0.497 e. The number of rotatable bonds is 10. The van der Waals surface area contributed by atoms with Gasteiger partial charge >= 0.3 is 0 Å². The minimum atomic E-state index is -0.513. The Morgan fingerprint density at radius 3 is 2.50 bits per heavy atom. The monoisotopic (exact) mass is 432 g/mol. The second kappa shape index (κ2) is 11.3. The van der Waals surface area contributed by atoms with Crippen LogP contribution in [0.4, 0.5) is 0 Å². The first-order valence-corrected chi connectivity index (χ1v) is 11.2. The molecule has 1 atom stereocenters. The van der Waals surface area contributed by atoms with Crippen molar-refractivity contribution in [3.63, 3.8) is 0 Å². The predicted octanol–water partition coefficient (Wildman–Crippen LogP) is 4.72. The van der Waals surface area contributed by atoms with Gasteiger partial charge in [-0.15, -0.1) is 0 Å². The van der Waals surface area contributed by atoms with Gasteiger partial charge < -0.3 is 15.0 Å². The van der Waals surface area contributed by atoms with Gasteiger partial charge in [0.2, 0.25) is 11.8 Å². The fourth-order valence-corrected chi connectivity index (χ4v) is 4.07. The van der Waals surface area contributed by atoms with E-state index in [1.54, 1.807) is 12.0 Å². The molecule has 0 fully saturated rings. The summed E-state index contributed by atoms with van der Waals surface area (Å²) in [5.74, 6) is 0.590. The Morgan fingerprint density at radius 2 is 1.75 bits per heavy atom. The molecule has 1 N–H and O–H groups in total. The minimum absolute atomic E-state index is 0.0288. The maximum absolute atomic E-state index is 13.4. The highest BCUT2D eigenvalue weighted by Gasteiger charge is 2.28. The van der Waals surface area contributed by atoms with E-state index in [-0.39, 0.29) is 11.8 Å². The second-order valence-electron chi connectivity index (χ2n) is 7.83. The molecule has 0 unspecified atom stereocenters. The standard InChI is InChI=1S/C27H32N2O3/c1-4-25(27(31)28-5-2)29(19-20-10-8-14-23(18-20)32-3)26(30)17-16-22-13-9-12-21-11-6-7-15-24(21)22/h6-15,18,25H,4-5,16-17,19H2,1-3H3,(H,28,31)/t25-/m0/s1. The van der Waals surface area contributed by atoms with Crippen molar-refractivity contribution < 1.29 is 14.3 Å². The number of aryl methyl sites for hydroxylation is 1. The van der Waals surface area contributed by atoms with Crippen LogP contribution in [0.15, 0.2) is 66.7 Å². The normalized spacial score (nSPS) is 11.7. The zero-order valence-electron chi connectivity index (χ0n) is 19.1. The average molecular weight is 433 g/mol. The summed E-state index contributed by atoms with van der Waals surface area (Å²) in [4.78, 5) is 27.9. The molecule has 3 aromatic carbocycles. The lowest BCUT2D eigenvalue weighted by molar-refractivity contribution is -0.141. The van der Waals surface area contributed by atoms with Crippen LogP contribution in [-0.2, 0) is 22.6 Å². The molecule has 168 valence electrons. The number of hydrogen-bond donors (Lipinski definition) is 1. The van der Waals surface area contributed by atoms with Crippen molar-refractivity contribution in [3.05, 3.63) is 77.9 Å². The lowest BCUT2D eigenvalue weighted by Gasteiger charge is -2.30. The van der Waals surface area contributed by atoms with Crippen LogP contribution in [0, 0.1) is 0 Å². The van der Waals surface area contributed by atoms with Gasteiger partial charge in [-0.3, -0.25) is 9.59 Å². The van der Waals surface area contributed by atoms with Crippen LogP contribution in [0.5, 0.6) is 5.75 Å². The molecule has 5 nitrogen and oxygen atoms in total. The fourth-order valence-electron chi connectivity index (χ4n) is 4.07. The van der Waals surface area contributed by atoms with Crippen molar-refractivity contribution >= 4 is 22.6 Å². The van der Waals surface area contributed by atoms with Gasteiger partial charge in [0.1, 0.15) is 11.8 Å². The molecule has 0 heterocycles. The molecule has 0 spiro atoms. The summed E-state index contributed by atoms with van der Waals surface area (Å²) in [5.41, 5.74) is 2.08. The van der Waals surface area contributed by atoms with Crippen LogP contribution in [0.2, 0.25) is 0 Å². The Morgan fingerprint density at radius 1 is 1.00 bits per heavy atom. The first kappa shape index (κ1) is 23.3. The lowest BCUT2D eigenvalue weighted by atomic mass is 10.00. The van der Waals surface area contributed by atoms with E-state index in [2.05, 4.69) is 29.6 Å². The van der Waals surface area contributed by atoms with Crippen molar-refractivity contribution in [1.82, 2.24) is 10.2 Å². The first-order valence-electron chi connectivity index (χ1n) is 11.2. The zero-order chi connectivity index (χ0) is 22.9. The van der Waals surface area contributed by atoms with Crippen molar-refractivity contribution in [2.45, 2.75) is 45.7 Å². The van der Waals surface area contributed by atoms with E-state index < -0.39 is 6.04 Å². The number of nitrogens with one attached hydrogen (secondary N) is 1. The molecule has 2 amide bonds. The third-order valence-electron chi connectivity index (χ3n) is 5.71. The average Bonchev–Trinajstić information content (AvgIpc) is 2.82. The van der Waals surface area contributed by atoms with Crippen LogP contribution < -0.4 is 10.1 Å². The number of hydrogen-bond acceptors (Lipinski definition) is 3. The topological polar surface area (TPSA) is 58.6 Å². The van der Waals surface area contributed by atoms with Gasteiger partial charge in [-0.1, -0.05) is 61.5 Å². The largest absolute Gasteiger partial charge is 0.497 e.